The van der Waals surface area contributed by atoms with Gasteiger partial charge < -0.3 is 19.2 Å². The predicted octanol–water partition coefficient (Wildman–Crippen LogP) is 4.55. The number of morpholine rings is 1. The Morgan fingerprint density at radius 1 is 1.09 bits per heavy atom. The highest BCUT2D eigenvalue weighted by atomic mass is 19.4. The molecule has 1 atom stereocenters. The van der Waals surface area contributed by atoms with Crippen molar-refractivity contribution in [2.24, 2.45) is 0 Å². The van der Waals surface area contributed by atoms with E-state index < -0.39 is 17.6 Å². The van der Waals surface area contributed by atoms with E-state index in [9.17, 15) is 23.1 Å². The maximum Gasteiger partial charge on any atom is 0.416 e. The lowest BCUT2D eigenvalue weighted by Crippen LogP contribution is -2.48. The van der Waals surface area contributed by atoms with Crippen LogP contribution in [0.25, 0.3) is 0 Å². The minimum atomic E-state index is -4.47. The first-order valence-corrected chi connectivity index (χ1v) is 10.9. The van der Waals surface area contributed by atoms with Crippen LogP contribution in [0.1, 0.15) is 27.2 Å². The number of furan rings is 1. The van der Waals surface area contributed by atoms with Gasteiger partial charge in [0, 0.05) is 37.3 Å². The van der Waals surface area contributed by atoms with Gasteiger partial charge in [0.1, 0.15) is 11.5 Å². The lowest BCUT2D eigenvalue weighted by molar-refractivity contribution is -0.137. The summed E-state index contributed by atoms with van der Waals surface area (Å²) in [7, 11) is 0. The number of benzene rings is 2. The van der Waals surface area contributed by atoms with E-state index in [0.717, 1.165) is 17.7 Å². The number of halogens is 3. The number of rotatable bonds is 7. The SMILES string of the molecule is O=C(c1ccc(C(F)(F)F)cc1)N(Cc1ccco1)CC1CN(Cc2ccccc2O)CCO1. The monoisotopic (exact) mass is 474 g/mol. The largest absolute Gasteiger partial charge is 0.508 e. The molecule has 2 aromatic carbocycles. The number of alkyl halides is 3. The number of hydrogen-bond acceptors (Lipinski definition) is 5. The third-order valence-corrected chi connectivity index (χ3v) is 5.71. The second-order valence-corrected chi connectivity index (χ2v) is 8.20. The van der Waals surface area contributed by atoms with Gasteiger partial charge in [-0.15, -0.1) is 0 Å². The Morgan fingerprint density at radius 2 is 1.85 bits per heavy atom. The molecule has 0 aliphatic carbocycles. The van der Waals surface area contributed by atoms with E-state index in [1.807, 2.05) is 12.1 Å². The van der Waals surface area contributed by atoms with Crippen LogP contribution in [0.5, 0.6) is 5.75 Å². The fourth-order valence-corrected chi connectivity index (χ4v) is 3.96. The molecule has 2 heterocycles. The summed E-state index contributed by atoms with van der Waals surface area (Å²) in [6.07, 6.45) is -3.28. The van der Waals surface area contributed by atoms with Crippen LogP contribution in [0.4, 0.5) is 13.2 Å². The van der Waals surface area contributed by atoms with Crippen LogP contribution in [-0.2, 0) is 24.0 Å². The minimum absolute atomic E-state index is 0.154. The molecule has 6 nitrogen and oxygen atoms in total. The van der Waals surface area contributed by atoms with Gasteiger partial charge >= 0.3 is 6.18 Å². The number of para-hydroxylation sites is 1. The molecule has 4 rings (SSSR count). The average molecular weight is 474 g/mol. The van der Waals surface area contributed by atoms with Crippen LogP contribution in [0.15, 0.2) is 71.3 Å². The van der Waals surface area contributed by atoms with Crippen LogP contribution in [0, 0.1) is 0 Å². The van der Waals surface area contributed by atoms with Crippen LogP contribution in [0.3, 0.4) is 0 Å². The number of carbonyl (C=O) groups is 1. The summed E-state index contributed by atoms with van der Waals surface area (Å²) < 4.78 is 50.0. The fourth-order valence-electron chi connectivity index (χ4n) is 3.96. The molecule has 1 aliphatic rings. The van der Waals surface area contributed by atoms with Gasteiger partial charge in [0.2, 0.25) is 0 Å². The number of hydrogen-bond donors (Lipinski definition) is 1. The summed E-state index contributed by atoms with van der Waals surface area (Å²) in [5, 5.41) is 10.1. The minimum Gasteiger partial charge on any atom is -0.508 e. The van der Waals surface area contributed by atoms with Gasteiger partial charge in [0.15, 0.2) is 0 Å². The first-order valence-electron chi connectivity index (χ1n) is 10.9. The molecule has 1 aromatic heterocycles. The second-order valence-electron chi connectivity index (χ2n) is 8.20. The molecule has 1 amide bonds. The van der Waals surface area contributed by atoms with Crippen molar-refractivity contribution < 1.29 is 32.2 Å². The predicted molar refractivity (Wildman–Crippen MR) is 118 cm³/mol. The number of aromatic hydroxyl groups is 1. The lowest BCUT2D eigenvalue weighted by Gasteiger charge is -2.35. The van der Waals surface area contributed by atoms with E-state index in [1.54, 1.807) is 24.3 Å². The van der Waals surface area contributed by atoms with E-state index in [4.69, 9.17) is 9.15 Å². The number of nitrogens with zero attached hydrogens (tertiary/aromatic N) is 2. The summed E-state index contributed by atoms with van der Waals surface area (Å²) >= 11 is 0. The van der Waals surface area contributed by atoms with Crippen LogP contribution in [0.2, 0.25) is 0 Å². The van der Waals surface area contributed by atoms with Crippen molar-refractivity contribution in [3.8, 4) is 5.75 Å². The molecule has 180 valence electrons. The Labute approximate surface area is 195 Å². The van der Waals surface area contributed by atoms with Gasteiger partial charge in [0.25, 0.3) is 5.91 Å². The molecule has 0 saturated carbocycles. The van der Waals surface area contributed by atoms with Crippen molar-refractivity contribution in [1.82, 2.24) is 9.80 Å². The van der Waals surface area contributed by atoms with Gasteiger partial charge in [-0.3, -0.25) is 9.69 Å². The molecule has 0 radical (unpaired) electrons. The van der Waals surface area contributed by atoms with E-state index >= 15 is 0 Å². The number of phenolic OH excluding ortho intramolecular Hbond substituents is 1. The van der Waals surface area contributed by atoms with Crippen LogP contribution >= 0.6 is 0 Å². The second kappa shape index (κ2) is 10.3. The molecule has 1 saturated heterocycles. The summed E-state index contributed by atoms with van der Waals surface area (Å²) in [4.78, 5) is 16.9. The van der Waals surface area contributed by atoms with Crippen molar-refractivity contribution in [3.05, 3.63) is 89.4 Å². The van der Waals surface area contributed by atoms with Crippen molar-refractivity contribution in [3.63, 3.8) is 0 Å². The third kappa shape index (κ3) is 5.98. The topological polar surface area (TPSA) is 66.2 Å². The summed E-state index contributed by atoms with van der Waals surface area (Å²) in [6.45, 7) is 2.60. The molecule has 1 N–H and O–H groups in total. The summed E-state index contributed by atoms with van der Waals surface area (Å²) in [5.74, 6) is 0.371. The lowest BCUT2D eigenvalue weighted by atomic mass is 10.1. The van der Waals surface area contributed by atoms with E-state index in [-0.39, 0.29) is 30.5 Å². The molecule has 0 spiro atoms. The van der Waals surface area contributed by atoms with Gasteiger partial charge in [-0.2, -0.15) is 13.2 Å². The normalized spacial score (nSPS) is 17.0. The molecular weight excluding hydrogens is 449 g/mol. The highest BCUT2D eigenvalue weighted by Gasteiger charge is 2.31. The molecule has 9 heteroatoms. The van der Waals surface area contributed by atoms with Gasteiger partial charge in [0.05, 0.1) is 31.1 Å². The van der Waals surface area contributed by atoms with Gasteiger partial charge in [-0.25, -0.2) is 0 Å². The first-order chi connectivity index (χ1) is 16.3. The van der Waals surface area contributed by atoms with E-state index in [2.05, 4.69) is 4.90 Å². The van der Waals surface area contributed by atoms with Crippen molar-refractivity contribution in [2.75, 3.05) is 26.2 Å². The zero-order valence-corrected chi connectivity index (χ0v) is 18.4. The van der Waals surface area contributed by atoms with Crippen molar-refractivity contribution >= 4 is 5.91 Å². The molecule has 1 unspecified atom stereocenters. The van der Waals surface area contributed by atoms with Gasteiger partial charge in [-0.1, -0.05) is 18.2 Å². The highest BCUT2D eigenvalue weighted by Crippen LogP contribution is 2.29. The zero-order chi connectivity index (χ0) is 24.1. The average Bonchev–Trinajstić information content (AvgIpc) is 3.33. The fraction of sp³-hybridized carbons (Fsp3) is 0.320. The Balaban J connectivity index is 1.47. The Kier molecular flexibility index (Phi) is 7.23. The number of carbonyl (C=O) groups excluding carboxylic acids is 1. The van der Waals surface area contributed by atoms with Crippen molar-refractivity contribution in [1.29, 1.82) is 0 Å². The summed E-state index contributed by atoms with van der Waals surface area (Å²) in [5.41, 5.74) is 0.148. The number of phenols is 1. The smallest absolute Gasteiger partial charge is 0.416 e. The Hall–Kier alpha value is -3.30. The zero-order valence-electron chi connectivity index (χ0n) is 18.4. The number of ether oxygens (including phenoxy) is 1. The van der Waals surface area contributed by atoms with E-state index in [0.29, 0.717) is 32.0 Å². The molecule has 1 aliphatic heterocycles. The van der Waals surface area contributed by atoms with Gasteiger partial charge in [-0.05, 0) is 42.5 Å². The Bertz CT molecular complexity index is 1080. The molecule has 34 heavy (non-hydrogen) atoms. The molecule has 0 bridgehead atoms. The Morgan fingerprint density at radius 3 is 2.53 bits per heavy atom. The van der Waals surface area contributed by atoms with Crippen molar-refractivity contribution in [2.45, 2.75) is 25.4 Å². The maximum atomic E-state index is 13.2. The van der Waals surface area contributed by atoms with Crippen LogP contribution < -0.4 is 0 Å². The quantitative estimate of drug-likeness (QED) is 0.545. The maximum absolute atomic E-state index is 13.2. The van der Waals surface area contributed by atoms with Crippen LogP contribution in [-0.4, -0.2) is 53.2 Å². The molecular formula is C25H25F3N2O4. The molecule has 3 aromatic rings. The standard InChI is InChI=1S/C25H25F3N2O4/c26-25(27,28)20-9-7-18(8-10-20)24(32)30(16-21-5-3-12-33-21)17-22-15-29(11-13-34-22)14-19-4-1-2-6-23(19)31/h1-10,12,22,31H,11,13-17H2. The molecule has 1 fully saturated rings. The number of amides is 1. The highest BCUT2D eigenvalue weighted by molar-refractivity contribution is 5.94. The first kappa shape index (κ1) is 23.8. The van der Waals surface area contributed by atoms with E-state index in [1.165, 1.54) is 23.3 Å². The third-order valence-electron chi connectivity index (χ3n) is 5.71. The summed E-state index contributed by atoms with van der Waals surface area (Å²) in [6, 6.07) is 14.8.